The minimum atomic E-state index is -0.639. The molecule has 0 spiro atoms. The van der Waals surface area contributed by atoms with Gasteiger partial charge in [-0.05, 0) is 35.9 Å². The summed E-state index contributed by atoms with van der Waals surface area (Å²) in [7, 11) is 0. The molecule has 0 saturated heterocycles. The van der Waals surface area contributed by atoms with Gasteiger partial charge in [0.15, 0.2) is 0 Å². The molecule has 0 aliphatic heterocycles. The number of pyridine rings is 1. The maximum atomic E-state index is 12.0. The molecule has 132 valence electrons. The molecule has 0 unspecified atom stereocenters. The number of nitrogens with two attached hydrogens (primary N) is 1. The highest BCUT2D eigenvalue weighted by atomic mass is 35.5. The molecule has 0 radical (unpaired) electrons. The number of rotatable bonds is 4. The lowest BCUT2D eigenvalue weighted by molar-refractivity contribution is 0.253. The molecule has 4 nitrogen and oxygen atoms in total. The zero-order chi connectivity index (χ0) is 18.7. The Morgan fingerprint density at radius 2 is 1.73 bits per heavy atom. The van der Waals surface area contributed by atoms with Gasteiger partial charge in [-0.3, -0.25) is 4.90 Å². The van der Waals surface area contributed by atoms with Crippen molar-refractivity contribution in [3.05, 3.63) is 81.3 Å². The van der Waals surface area contributed by atoms with Gasteiger partial charge in [-0.1, -0.05) is 65.1 Å². The fourth-order valence-electron chi connectivity index (χ4n) is 2.48. The number of nitrogens with zero attached hydrogens (tertiary/aromatic N) is 2. The van der Waals surface area contributed by atoms with Crippen LogP contribution in [0.1, 0.15) is 5.56 Å². The van der Waals surface area contributed by atoms with E-state index in [2.05, 4.69) is 4.98 Å². The SMILES string of the molecule is NC(=O)N(Cc1ccc(Cl)cc1Cl)c1cccc(-c2ccccc2Cl)n1. The van der Waals surface area contributed by atoms with Crippen molar-refractivity contribution in [2.75, 3.05) is 4.90 Å². The van der Waals surface area contributed by atoms with E-state index in [9.17, 15) is 4.79 Å². The van der Waals surface area contributed by atoms with Crippen LogP contribution in [0.3, 0.4) is 0 Å². The molecular weight excluding hydrogens is 393 g/mol. The number of benzene rings is 2. The largest absolute Gasteiger partial charge is 0.351 e. The highest BCUT2D eigenvalue weighted by Crippen LogP contribution is 2.29. The number of primary amides is 1. The third kappa shape index (κ3) is 4.10. The van der Waals surface area contributed by atoms with Crippen LogP contribution in [0.5, 0.6) is 0 Å². The van der Waals surface area contributed by atoms with Gasteiger partial charge >= 0.3 is 6.03 Å². The number of hydrogen-bond donors (Lipinski definition) is 1. The molecule has 0 saturated carbocycles. The Labute approximate surface area is 166 Å². The van der Waals surface area contributed by atoms with Crippen LogP contribution in [0.15, 0.2) is 60.7 Å². The topological polar surface area (TPSA) is 59.2 Å². The van der Waals surface area contributed by atoms with Gasteiger partial charge in [0.1, 0.15) is 5.82 Å². The summed E-state index contributed by atoms with van der Waals surface area (Å²) >= 11 is 18.4. The van der Waals surface area contributed by atoms with Crippen LogP contribution in [0.4, 0.5) is 10.6 Å². The fraction of sp³-hybridized carbons (Fsp3) is 0.0526. The van der Waals surface area contributed by atoms with Gasteiger partial charge in [-0.25, -0.2) is 9.78 Å². The Balaban J connectivity index is 1.97. The molecule has 0 aliphatic rings. The van der Waals surface area contributed by atoms with Crippen LogP contribution < -0.4 is 10.6 Å². The third-order valence-corrected chi connectivity index (χ3v) is 4.69. The molecule has 0 bridgehead atoms. The van der Waals surface area contributed by atoms with Crippen molar-refractivity contribution < 1.29 is 4.79 Å². The van der Waals surface area contributed by atoms with Crippen LogP contribution in [0.2, 0.25) is 15.1 Å². The zero-order valence-electron chi connectivity index (χ0n) is 13.5. The minimum Gasteiger partial charge on any atom is -0.351 e. The number of hydrogen-bond acceptors (Lipinski definition) is 2. The molecule has 0 fully saturated rings. The maximum absolute atomic E-state index is 12.0. The van der Waals surface area contributed by atoms with Crippen LogP contribution in [0, 0.1) is 0 Å². The van der Waals surface area contributed by atoms with E-state index in [0.717, 1.165) is 5.56 Å². The molecule has 7 heteroatoms. The van der Waals surface area contributed by atoms with E-state index >= 15 is 0 Å². The number of urea groups is 1. The van der Waals surface area contributed by atoms with Crippen LogP contribution in [0.25, 0.3) is 11.3 Å². The smallest absolute Gasteiger partial charge is 0.320 e. The summed E-state index contributed by atoms with van der Waals surface area (Å²) in [5, 5.41) is 1.54. The number of carbonyl (C=O) groups excluding carboxylic acids is 1. The zero-order valence-corrected chi connectivity index (χ0v) is 15.8. The third-order valence-electron chi connectivity index (χ3n) is 3.77. The van der Waals surface area contributed by atoms with Crippen LogP contribution in [-0.4, -0.2) is 11.0 Å². The summed E-state index contributed by atoms with van der Waals surface area (Å²) in [5.41, 5.74) is 7.68. The molecule has 26 heavy (non-hydrogen) atoms. The normalized spacial score (nSPS) is 10.6. The first-order valence-corrected chi connectivity index (χ1v) is 8.82. The molecule has 0 atom stereocenters. The molecule has 1 heterocycles. The second-order valence-electron chi connectivity index (χ2n) is 5.52. The standard InChI is InChI=1S/C19H14Cl3N3O/c20-13-9-8-12(16(22)10-13)11-25(19(23)26)18-7-3-6-17(24-18)14-4-1-2-5-15(14)21/h1-10H,11H2,(H2,23,26). The highest BCUT2D eigenvalue weighted by molar-refractivity contribution is 6.35. The summed E-state index contributed by atoms with van der Waals surface area (Å²) in [4.78, 5) is 17.9. The maximum Gasteiger partial charge on any atom is 0.320 e. The molecular formula is C19H14Cl3N3O. The molecule has 2 amide bonds. The van der Waals surface area contributed by atoms with Crippen LogP contribution in [-0.2, 0) is 6.54 Å². The Hall–Kier alpha value is -2.27. The molecule has 2 N–H and O–H groups in total. The number of aromatic nitrogens is 1. The van der Waals surface area contributed by atoms with Gasteiger partial charge in [0.2, 0.25) is 0 Å². The number of amides is 2. The Kier molecular flexibility index (Phi) is 5.67. The average Bonchev–Trinajstić information content (AvgIpc) is 2.61. The van der Waals surface area contributed by atoms with E-state index in [0.29, 0.717) is 32.1 Å². The van der Waals surface area contributed by atoms with Crippen molar-refractivity contribution in [3.63, 3.8) is 0 Å². The van der Waals surface area contributed by atoms with E-state index in [1.54, 1.807) is 36.4 Å². The lowest BCUT2D eigenvalue weighted by Gasteiger charge is -2.21. The van der Waals surface area contributed by atoms with E-state index in [-0.39, 0.29) is 6.54 Å². The number of halogens is 3. The van der Waals surface area contributed by atoms with Crippen molar-refractivity contribution in [1.82, 2.24) is 4.98 Å². The van der Waals surface area contributed by atoms with E-state index in [1.807, 2.05) is 24.3 Å². The van der Waals surface area contributed by atoms with Crippen LogP contribution >= 0.6 is 34.8 Å². The van der Waals surface area contributed by atoms with Crippen molar-refractivity contribution in [1.29, 1.82) is 0 Å². The second-order valence-corrected chi connectivity index (χ2v) is 6.77. The molecule has 3 aromatic rings. The van der Waals surface area contributed by atoms with Crippen molar-refractivity contribution in [2.24, 2.45) is 5.73 Å². The molecule has 1 aromatic heterocycles. The quantitative estimate of drug-likeness (QED) is 0.595. The molecule has 3 rings (SSSR count). The van der Waals surface area contributed by atoms with Gasteiger partial charge < -0.3 is 5.73 Å². The summed E-state index contributed by atoms with van der Waals surface area (Å²) < 4.78 is 0. The van der Waals surface area contributed by atoms with E-state index in [4.69, 9.17) is 40.5 Å². The minimum absolute atomic E-state index is 0.171. The molecule has 0 aliphatic carbocycles. The Morgan fingerprint density at radius 1 is 0.962 bits per heavy atom. The highest BCUT2D eigenvalue weighted by Gasteiger charge is 2.17. The average molecular weight is 407 g/mol. The number of anilines is 1. The predicted molar refractivity (Wildman–Crippen MR) is 107 cm³/mol. The van der Waals surface area contributed by atoms with Gasteiger partial charge in [0.25, 0.3) is 0 Å². The van der Waals surface area contributed by atoms with Gasteiger partial charge in [0.05, 0.1) is 12.2 Å². The van der Waals surface area contributed by atoms with Gasteiger partial charge in [-0.15, -0.1) is 0 Å². The van der Waals surface area contributed by atoms with Crippen molar-refractivity contribution >= 4 is 46.7 Å². The van der Waals surface area contributed by atoms with E-state index < -0.39 is 6.03 Å². The first kappa shape index (κ1) is 18.5. The van der Waals surface area contributed by atoms with Gasteiger partial charge in [-0.2, -0.15) is 0 Å². The lowest BCUT2D eigenvalue weighted by atomic mass is 10.1. The summed E-state index contributed by atoms with van der Waals surface area (Å²) in [6.07, 6.45) is 0. The fourth-order valence-corrected chi connectivity index (χ4v) is 3.19. The Bertz CT molecular complexity index is 962. The lowest BCUT2D eigenvalue weighted by Crippen LogP contribution is -2.36. The number of carbonyl (C=O) groups is 1. The van der Waals surface area contributed by atoms with Crippen molar-refractivity contribution in [2.45, 2.75) is 6.54 Å². The van der Waals surface area contributed by atoms with E-state index in [1.165, 1.54) is 4.90 Å². The first-order chi connectivity index (χ1) is 12.5. The summed E-state index contributed by atoms with van der Waals surface area (Å²) in [6.45, 7) is 0.171. The summed E-state index contributed by atoms with van der Waals surface area (Å²) in [5.74, 6) is 0.404. The monoisotopic (exact) mass is 405 g/mol. The first-order valence-electron chi connectivity index (χ1n) is 7.68. The van der Waals surface area contributed by atoms with Crippen molar-refractivity contribution in [3.8, 4) is 11.3 Å². The predicted octanol–water partition coefficient (Wildman–Crippen LogP) is 5.79. The molecule has 2 aromatic carbocycles. The second kappa shape index (κ2) is 7.96. The summed E-state index contributed by atoms with van der Waals surface area (Å²) in [6, 6.07) is 17.1. The Morgan fingerprint density at radius 3 is 2.42 bits per heavy atom. The van der Waals surface area contributed by atoms with Gasteiger partial charge in [0, 0.05) is 20.6 Å².